The number of rotatable bonds is 2. The van der Waals surface area contributed by atoms with E-state index in [-0.39, 0.29) is 5.91 Å². The highest BCUT2D eigenvalue weighted by molar-refractivity contribution is 5.90. The van der Waals surface area contributed by atoms with Crippen LogP contribution in [0.5, 0.6) is 0 Å². The fraction of sp³-hybridized carbons (Fsp3) is 0.333. The molecule has 0 aromatic carbocycles. The molecule has 4 heteroatoms. The van der Waals surface area contributed by atoms with E-state index >= 15 is 0 Å². The molecule has 0 spiro atoms. The van der Waals surface area contributed by atoms with Crippen molar-refractivity contribution in [2.24, 2.45) is 0 Å². The Kier molecular flexibility index (Phi) is 2.04. The minimum absolute atomic E-state index is 0.160. The zero-order chi connectivity index (χ0) is 7.40. The summed E-state index contributed by atoms with van der Waals surface area (Å²) in [7, 11) is 0. The molecule has 1 aromatic heterocycles. The Morgan fingerprint density at radius 3 is 3.20 bits per heavy atom. The van der Waals surface area contributed by atoms with Gasteiger partial charge in [0.05, 0.1) is 0 Å². The Morgan fingerprint density at radius 2 is 2.70 bits per heavy atom. The average molecular weight is 139 g/mol. The summed E-state index contributed by atoms with van der Waals surface area (Å²) in [6.07, 6.45) is 3.16. The summed E-state index contributed by atoms with van der Waals surface area (Å²) >= 11 is 0. The molecular formula is C6H9N3O. The topological polar surface area (TPSA) is 57.8 Å². The number of nitrogens with zero attached hydrogens (tertiary/aromatic N) is 1. The number of amides is 1. The predicted octanol–water partition coefficient (Wildman–Crippen LogP) is 0.159. The van der Waals surface area contributed by atoms with Gasteiger partial charge in [0, 0.05) is 18.9 Å². The largest absolute Gasteiger partial charge is 0.350 e. The second-order valence-corrected chi connectivity index (χ2v) is 1.80. The van der Waals surface area contributed by atoms with Crippen molar-refractivity contribution in [3.63, 3.8) is 0 Å². The summed E-state index contributed by atoms with van der Waals surface area (Å²) < 4.78 is 0. The summed E-state index contributed by atoms with van der Waals surface area (Å²) in [5, 5.41) is 2.62. The normalized spacial score (nSPS) is 9.30. The van der Waals surface area contributed by atoms with Gasteiger partial charge in [-0.3, -0.25) is 4.79 Å². The first-order valence-corrected chi connectivity index (χ1v) is 3.12. The highest BCUT2D eigenvalue weighted by atomic mass is 16.2. The van der Waals surface area contributed by atoms with E-state index in [1.807, 2.05) is 6.92 Å². The minimum atomic E-state index is -0.160. The maximum absolute atomic E-state index is 10.9. The quantitative estimate of drug-likeness (QED) is 0.613. The predicted molar refractivity (Wildman–Crippen MR) is 36.6 cm³/mol. The molecule has 0 saturated heterocycles. The van der Waals surface area contributed by atoms with Crippen LogP contribution in [-0.4, -0.2) is 22.4 Å². The van der Waals surface area contributed by atoms with Crippen LogP contribution in [0.3, 0.4) is 0 Å². The number of aromatic amines is 1. The van der Waals surface area contributed by atoms with E-state index in [0.717, 1.165) is 0 Å². The Bertz CT molecular complexity index is 205. The van der Waals surface area contributed by atoms with Crippen LogP contribution < -0.4 is 5.32 Å². The van der Waals surface area contributed by atoms with E-state index in [9.17, 15) is 4.79 Å². The molecule has 2 N–H and O–H groups in total. The number of hydrogen-bond donors (Lipinski definition) is 2. The summed E-state index contributed by atoms with van der Waals surface area (Å²) in [5.41, 5.74) is 0. The standard InChI is InChI=1S/C6H9N3O/c1-2-7-6(10)5-8-3-4-9-5/h3-4H,2H2,1H3,(H,7,10)(H,8,9). The van der Waals surface area contributed by atoms with Crippen LogP contribution in [0.25, 0.3) is 0 Å². The molecule has 0 atom stereocenters. The molecule has 1 heterocycles. The van der Waals surface area contributed by atoms with Gasteiger partial charge in [0.15, 0.2) is 5.82 Å². The van der Waals surface area contributed by atoms with Crippen molar-refractivity contribution in [2.45, 2.75) is 6.92 Å². The maximum Gasteiger partial charge on any atom is 0.287 e. The molecule has 1 aromatic rings. The first-order chi connectivity index (χ1) is 4.84. The molecule has 54 valence electrons. The van der Waals surface area contributed by atoms with Gasteiger partial charge < -0.3 is 10.3 Å². The van der Waals surface area contributed by atoms with Crippen molar-refractivity contribution in [2.75, 3.05) is 6.54 Å². The third kappa shape index (κ3) is 1.34. The van der Waals surface area contributed by atoms with Crippen molar-refractivity contribution in [1.82, 2.24) is 15.3 Å². The second-order valence-electron chi connectivity index (χ2n) is 1.80. The van der Waals surface area contributed by atoms with E-state index in [4.69, 9.17) is 0 Å². The summed E-state index contributed by atoms with van der Waals surface area (Å²) in [4.78, 5) is 17.4. The highest BCUT2D eigenvalue weighted by Crippen LogP contribution is 1.85. The molecule has 0 aliphatic heterocycles. The smallest absolute Gasteiger partial charge is 0.287 e. The first kappa shape index (κ1) is 6.80. The van der Waals surface area contributed by atoms with Crippen LogP contribution in [0.15, 0.2) is 12.4 Å². The molecule has 0 unspecified atom stereocenters. The minimum Gasteiger partial charge on any atom is -0.350 e. The third-order valence-corrected chi connectivity index (χ3v) is 1.05. The summed E-state index contributed by atoms with van der Waals surface area (Å²) in [6.45, 7) is 2.49. The molecule has 0 fully saturated rings. The molecule has 0 bridgehead atoms. The number of imidazole rings is 1. The van der Waals surface area contributed by atoms with Gasteiger partial charge in [0.1, 0.15) is 0 Å². The van der Waals surface area contributed by atoms with Crippen LogP contribution in [0.1, 0.15) is 17.5 Å². The molecular weight excluding hydrogens is 130 g/mol. The van der Waals surface area contributed by atoms with Gasteiger partial charge in [-0.25, -0.2) is 4.98 Å². The number of hydrogen-bond acceptors (Lipinski definition) is 2. The Labute approximate surface area is 58.7 Å². The van der Waals surface area contributed by atoms with Gasteiger partial charge >= 0.3 is 0 Å². The van der Waals surface area contributed by atoms with E-state index in [2.05, 4.69) is 15.3 Å². The van der Waals surface area contributed by atoms with E-state index < -0.39 is 0 Å². The lowest BCUT2D eigenvalue weighted by molar-refractivity contribution is 0.0946. The zero-order valence-corrected chi connectivity index (χ0v) is 5.72. The number of aromatic nitrogens is 2. The SMILES string of the molecule is CCNC(=O)c1ncc[nH]1. The Hall–Kier alpha value is -1.32. The number of nitrogens with one attached hydrogen (secondary N) is 2. The summed E-state index contributed by atoms with van der Waals surface area (Å²) in [6, 6.07) is 0. The van der Waals surface area contributed by atoms with Crippen molar-refractivity contribution < 1.29 is 4.79 Å². The molecule has 0 radical (unpaired) electrons. The summed E-state index contributed by atoms with van der Waals surface area (Å²) in [5.74, 6) is 0.203. The Balaban J connectivity index is 2.59. The zero-order valence-electron chi connectivity index (χ0n) is 5.72. The number of H-pyrrole nitrogens is 1. The number of carbonyl (C=O) groups excluding carboxylic acids is 1. The van der Waals surface area contributed by atoms with Crippen LogP contribution in [0, 0.1) is 0 Å². The van der Waals surface area contributed by atoms with Gasteiger partial charge in [-0.05, 0) is 6.92 Å². The third-order valence-electron chi connectivity index (χ3n) is 1.05. The van der Waals surface area contributed by atoms with Gasteiger partial charge in [-0.15, -0.1) is 0 Å². The van der Waals surface area contributed by atoms with Crippen molar-refractivity contribution in [3.05, 3.63) is 18.2 Å². The Morgan fingerprint density at radius 1 is 1.90 bits per heavy atom. The highest BCUT2D eigenvalue weighted by Gasteiger charge is 2.03. The lowest BCUT2D eigenvalue weighted by Gasteiger charge is -1.95. The second kappa shape index (κ2) is 3.00. The molecule has 4 nitrogen and oxygen atoms in total. The van der Waals surface area contributed by atoms with Gasteiger partial charge in [-0.2, -0.15) is 0 Å². The molecule has 0 saturated carbocycles. The van der Waals surface area contributed by atoms with E-state index in [1.54, 1.807) is 12.4 Å². The van der Waals surface area contributed by atoms with Crippen LogP contribution in [0.4, 0.5) is 0 Å². The van der Waals surface area contributed by atoms with Crippen LogP contribution in [-0.2, 0) is 0 Å². The monoisotopic (exact) mass is 139 g/mol. The maximum atomic E-state index is 10.9. The molecule has 0 aliphatic carbocycles. The van der Waals surface area contributed by atoms with Crippen LogP contribution >= 0.6 is 0 Å². The fourth-order valence-corrected chi connectivity index (χ4v) is 0.634. The van der Waals surface area contributed by atoms with Crippen molar-refractivity contribution in [3.8, 4) is 0 Å². The van der Waals surface area contributed by atoms with Crippen molar-refractivity contribution in [1.29, 1.82) is 0 Å². The van der Waals surface area contributed by atoms with Gasteiger partial charge in [-0.1, -0.05) is 0 Å². The van der Waals surface area contributed by atoms with Crippen molar-refractivity contribution >= 4 is 5.91 Å². The fourth-order valence-electron chi connectivity index (χ4n) is 0.634. The van der Waals surface area contributed by atoms with E-state index in [0.29, 0.717) is 12.4 Å². The molecule has 1 amide bonds. The molecule has 10 heavy (non-hydrogen) atoms. The average Bonchev–Trinajstić information content (AvgIpc) is 2.38. The molecule has 0 aliphatic rings. The van der Waals surface area contributed by atoms with Gasteiger partial charge in [0.25, 0.3) is 5.91 Å². The lowest BCUT2D eigenvalue weighted by Crippen LogP contribution is -2.23. The molecule has 1 rings (SSSR count). The van der Waals surface area contributed by atoms with Gasteiger partial charge in [0.2, 0.25) is 0 Å². The lowest BCUT2D eigenvalue weighted by atomic mass is 10.5. The van der Waals surface area contributed by atoms with E-state index in [1.165, 1.54) is 0 Å². The van der Waals surface area contributed by atoms with Crippen LogP contribution in [0.2, 0.25) is 0 Å². The first-order valence-electron chi connectivity index (χ1n) is 3.12. The number of carbonyl (C=O) groups is 1.